The lowest BCUT2D eigenvalue weighted by molar-refractivity contribution is 0.0689. The van der Waals surface area contributed by atoms with E-state index in [1.165, 1.54) is 32.1 Å². The maximum Gasteiger partial charge on any atom is 0.358 e. The molecule has 0 aromatic carbocycles. The van der Waals surface area contributed by atoms with Crippen LogP contribution in [0.2, 0.25) is 0 Å². The Morgan fingerprint density at radius 2 is 2.12 bits per heavy atom. The van der Waals surface area contributed by atoms with E-state index in [-0.39, 0.29) is 5.69 Å². The molecular formula is C11H17N3O2. The molecule has 0 saturated heterocycles. The van der Waals surface area contributed by atoms with E-state index in [0.717, 1.165) is 6.54 Å². The normalized spacial score (nSPS) is 17.6. The summed E-state index contributed by atoms with van der Waals surface area (Å²) in [5, 5.41) is 16.5. The second-order valence-corrected chi connectivity index (χ2v) is 4.51. The van der Waals surface area contributed by atoms with Gasteiger partial charge in [0.25, 0.3) is 0 Å². The minimum Gasteiger partial charge on any atom is -0.476 e. The molecule has 1 aromatic heterocycles. The van der Waals surface area contributed by atoms with E-state index in [0.29, 0.717) is 11.6 Å². The molecule has 0 radical (unpaired) electrons. The molecular weight excluding hydrogens is 206 g/mol. The van der Waals surface area contributed by atoms with Crippen LogP contribution in [0.3, 0.4) is 0 Å². The smallest absolute Gasteiger partial charge is 0.358 e. The lowest BCUT2D eigenvalue weighted by Gasteiger charge is -2.21. The summed E-state index contributed by atoms with van der Waals surface area (Å²) in [5.41, 5.74) is 0.744. The minimum atomic E-state index is -0.993. The summed E-state index contributed by atoms with van der Waals surface area (Å²) in [6.07, 6.45) is 6.34. The van der Waals surface area contributed by atoms with Crippen LogP contribution in [0.25, 0.3) is 0 Å². The van der Waals surface area contributed by atoms with E-state index in [1.54, 1.807) is 11.6 Å². The molecule has 1 fully saturated rings. The molecule has 1 aliphatic carbocycles. The van der Waals surface area contributed by atoms with Gasteiger partial charge in [-0.1, -0.05) is 24.5 Å². The van der Waals surface area contributed by atoms with Crippen molar-refractivity contribution in [2.45, 2.75) is 45.6 Å². The van der Waals surface area contributed by atoms with Crippen LogP contribution in [0, 0.1) is 12.8 Å². The quantitative estimate of drug-likeness (QED) is 0.849. The fraction of sp³-hybridized carbons (Fsp3) is 0.727. The largest absolute Gasteiger partial charge is 0.476 e. The average Bonchev–Trinajstić information content (AvgIpc) is 2.62. The monoisotopic (exact) mass is 223 g/mol. The SMILES string of the molecule is Cc1c(C(=O)O)nnn1CC1CCCCC1. The van der Waals surface area contributed by atoms with E-state index in [9.17, 15) is 4.79 Å². The second-order valence-electron chi connectivity index (χ2n) is 4.51. The highest BCUT2D eigenvalue weighted by Gasteiger charge is 2.19. The van der Waals surface area contributed by atoms with Crippen molar-refractivity contribution in [2.24, 2.45) is 5.92 Å². The van der Waals surface area contributed by atoms with E-state index >= 15 is 0 Å². The van der Waals surface area contributed by atoms with Crippen molar-refractivity contribution in [1.82, 2.24) is 15.0 Å². The summed E-state index contributed by atoms with van der Waals surface area (Å²) in [7, 11) is 0. The van der Waals surface area contributed by atoms with Gasteiger partial charge in [0.2, 0.25) is 0 Å². The topological polar surface area (TPSA) is 68.0 Å². The number of carboxylic acid groups (broad SMARTS) is 1. The zero-order valence-corrected chi connectivity index (χ0v) is 9.52. The first-order valence-corrected chi connectivity index (χ1v) is 5.82. The van der Waals surface area contributed by atoms with E-state index in [1.807, 2.05) is 0 Å². The second kappa shape index (κ2) is 4.63. The van der Waals surface area contributed by atoms with Gasteiger partial charge in [-0.3, -0.25) is 0 Å². The van der Waals surface area contributed by atoms with Gasteiger partial charge in [-0.15, -0.1) is 5.10 Å². The number of rotatable bonds is 3. The van der Waals surface area contributed by atoms with Crippen LogP contribution in [0.1, 0.15) is 48.3 Å². The molecule has 0 bridgehead atoms. The van der Waals surface area contributed by atoms with Gasteiger partial charge in [-0.05, 0) is 25.7 Å². The Kier molecular flexibility index (Phi) is 3.22. The van der Waals surface area contributed by atoms with Gasteiger partial charge in [-0.2, -0.15) is 0 Å². The third-order valence-corrected chi connectivity index (χ3v) is 3.34. The molecule has 1 N–H and O–H groups in total. The Bertz CT molecular complexity index is 381. The molecule has 88 valence electrons. The standard InChI is InChI=1S/C11H17N3O2/c1-8-10(11(15)16)12-13-14(8)7-9-5-3-2-4-6-9/h9H,2-7H2,1H3,(H,15,16). The maximum atomic E-state index is 10.8. The molecule has 0 aliphatic heterocycles. The van der Waals surface area contributed by atoms with Crippen molar-refractivity contribution in [3.63, 3.8) is 0 Å². The van der Waals surface area contributed by atoms with E-state index in [4.69, 9.17) is 5.11 Å². The van der Waals surface area contributed by atoms with Crippen LogP contribution >= 0.6 is 0 Å². The summed E-state index contributed by atoms with van der Waals surface area (Å²) in [6, 6.07) is 0. The van der Waals surface area contributed by atoms with Gasteiger partial charge in [0.15, 0.2) is 5.69 Å². The van der Waals surface area contributed by atoms with Crippen molar-refractivity contribution >= 4 is 5.97 Å². The Hall–Kier alpha value is -1.39. The molecule has 0 unspecified atom stereocenters. The van der Waals surface area contributed by atoms with E-state index < -0.39 is 5.97 Å². The lowest BCUT2D eigenvalue weighted by atomic mass is 9.89. The van der Waals surface area contributed by atoms with Crippen molar-refractivity contribution in [3.8, 4) is 0 Å². The van der Waals surface area contributed by atoms with Gasteiger partial charge in [0.05, 0.1) is 5.69 Å². The molecule has 16 heavy (non-hydrogen) atoms. The Morgan fingerprint density at radius 3 is 2.69 bits per heavy atom. The van der Waals surface area contributed by atoms with Crippen molar-refractivity contribution in [1.29, 1.82) is 0 Å². The zero-order valence-electron chi connectivity index (χ0n) is 9.52. The molecule has 2 rings (SSSR count). The van der Waals surface area contributed by atoms with Crippen LogP contribution in [-0.2, 0) is 6.54 Å². The number of hydrogen-bond acceptors (Lipinski definition) is 3. The fourth-order valence-electron chi connectivity index (χ4n) is 2.35. The van der Waals surface area contributed by atoms with E-state index in [2.05, 4.69) is 10.3 Å². The van der Waals surface area contributed by atoms with Gasteiger partial charge >= 0.3 is 5.97 Å². The highest BCUT2D eigenvalue weighted by Crippen LogP contribution is 2.25. The lowest BCUT2D eigenvalue weighted by Crippen LogP contribution is -2.16. The number of carboxylic acids is 1. The molecule has 1 aromatic rings. The first kappa shape index (κ1) is 11.1. The molecule has 0 spiro atoms. The van der Waals surface area contributed by atoms with Crippen LogP contribution < -0.4 is 0 Å². The maximum absolute atomic E-state index is 10.8. The van der Waals surface area contributed by atoms with Crippen molar-refractivity contribution in [3.05, 3.63) is 11.4 Å². The molecule has 0 atom stereocenters. The van der Waals surface area contributed by atoms with Crippen molar-refractivity contribution in [2.75, 3.05) is 0 Å². The van der Waals surface area contributed by atoms with Crippen LogP contribution in [-0.4, -0.2) is 26.1 Å². The number of hydrogen-bond donors (Lipinski definition) is 1. The predicted octanol–water partition coefficient (Wildman–Crippen LogP) is 1.87. The Labute approximate surface area is 94.5 Å². The summed E-state index contributed by atoms with van der Waals surface area (Å²) in [4.78, 5) is 10.8. The van der Waals surface area contributed by atoms with Crippen molar-refractivity contribution < 1.29 is 9.90 Å². The summed E-state index contributed by atoms with van der Waals surface area (Å²) in [6.45, 7) is 2.58. The molecule has 1 aliphatic rings. The zero-order chi connectivity index (χ0) is 11.5. The molecule has 5 heteroatoms. The van der Waals surface area contributed by atoms with Gasteiger partial charge < -0.3 is 5.11 Å². The Balaban J connectivity index is 2.06. The minimum absolute atomic E-state index is 0.0795. The predicted molar refractivity (Wildman–Crippen MR) is 58.3 cm³/mol. The van der Waals surface area contributed by atoms with Crippen LogP contribution in [0.15, 0.2) is 0 Å². The third kappa shape index (κ3) is 2.23. The Morgan fingerprint density at radius 1 is 1.44 bits per heavy atom. The summed E-state index contributed by atoms with van der Waals surface area (Å²) in [5.74, 6) is -0.358. The average molecular weight is 223 g/mol. The fourth-order valence-corrected chi connectivity index (χ4v) is 2.35. The highest BCUT2D eigenvalue weighted by atomic mass is 16.4. The summed E-state index contributed by atoms with van der Waals surface area (Å²) >= 11 is 0. The molecule has 1 saturated carbocycles. The number of carbonyl (C=O) groups is 1. The number of aromatic nitrogens is 3. The number of nitrogens with zero attached hydrogens (tertiary/aromatic N) is 3. The van der Waals surface area contributed by atoms with Crippen LogP contribution in [0.4, 0.5) is 0 Å². The summed E-state index contributed by atoms with van der Waals surface area (Å²) < 4.78 is 1.74. The highest BCUT2D eigenvalue weighted by molar-refractivity contribution is 5.86. The third-order valence-electron chi connectivity index (χ3n) is 3.34. The molecule has 1 heterocycles. The van der Waals surface area contributed by atoms with Gasteiger partial charge in [0, 0.05) is 6.54 Å². The van der Waals surface area contributed by atoms with Crippen LogP contribution in [0.5, 0.6) is 0 Å². The van der Waals surface area contributed by atoms with Gasteiger partial charge in [0.1, 0.15) is 0 Å². The number of aromatic carboxylic acids is 1. The van der Waals surface area contributed by atoms with Gasteiger partial charge in [-0.25, -0.2) is 9.48 Å². The first-order valence-electron chi connectivity index (χ1n) is 5.82. The molecule has 0 amide bonds. The molecule has 5 nitrogen and oxygen atoms in total. The first-order chi connectivity index (χ1) is 7.68.